The number of rotatable bonds is 9. The maximum Gasteiger partial charge on any atom is 0.345 e. The van der Waals surface area contributed by atoms with E-state index in [0.29, 0.717) is 16.9 Å². The van der Waals surface area contributed by atoms with Gasteiger partial charge in [-0.3, -0.25) is 15.1 Å². The number of H-pyrrole nitrogens is 1. The maximum absolute atomic E-state index is 12.5. The Morgan fingerprint density at radius 2 is 1.47 bits per heavy atom. The second kappa shape index (κ2) is 15.1. The lowest BCUT2D eigenvalue weighted by molar-refractivity contribution is -0.148. The summed E-state index contributed by atoms with van der Waals surface area (Å²) in [6.07, 6.45) is 1.39. The molecule has 196 valence electrons. The van der Waals surface area contributed by atoms with Gasteiger partial charge in [-0.2, -0.15) is 0 Å². The first-order valence-corrected chi connectivity index (χ1v) is 11.9. The Labute approximate surface area is 211 Å². The van der Waals surface area contributed by atoms with Gasteiger partial charge in [0.1, 0.15) is 5.57 Å². The quantitative estimate of drug-likeness (QED) is 0.199. The highest BCUT2D eigenvalue weighted by Gasteiger charge is 2.22. The number of nitrogens with one attached hydrogen (secondary N) is 3. The fourth-order valence-corrected chi connectivity index (χ4v) is 2.58. The number of esters is 2. The summed E-state index contributed by atoms with van der Waals surface area (Å²) in [5.74, 6) is -1.28. The Hall–Kier alpha value is -3.95. The second-order valence-corrected chi connectivity index (χ2v) is 8.48. The largest absolute Gasteiger partial charge is 0.462 e. The van der Waals surface area contributed by atoms with Crippen LogP contribution in [0.5, 0.6) is 0 Å². The van der Waals surface area contributed by atoms with Gasteiger partial charge in [-0.15, -0.1) is 0 Å². The molecule has 10 heteroatoms. The van der Waals surface area contributed by atoms with Crippen molar-refractivity contribution in [3.63, 3.8) is 0 Å². The average Bonchev–Trinajstić information content (AvgIpc) is 2.81. The van der Waals surface area contributed by atoms with Crippen molar-refractivity contribution in [3.8, 4) is 0 Å². The zero-order valence-corrected chi connectivity index (χ0v) is 21.9. The van der Waals surface area contributed by atoms with Gasteiger partial charge in [0.15, 0.2) is 0 Å². The third-order valence-corrected chi connectivity index (χ3v) is 4.12. The number of aromatic nitrogens is 2. The van der Waals surface area contributed by atoms with Gasteiger partial charge in [0.05, 0.1) is 13.2 Å². The number of ether oxygens (including phenoxy) is 2. The lowest BCUT2D eigenvalue weighted by atomic mass is 10.1. The number of aryl methyl sites for hydroxylation is 1. The van der Waals surface area contributed by atoms with Gasteiger partial charge in [0, 0.05) is 17.4 Å². The molecule has 0 saturated heterocycles. The molecular formula is C26H36N4O6. The normalized spacial score (nSPS) is 10.1. The number of hydrogen-bond acceptors (Lipinski definition) is 7. The topological polar surface area (TPSA) is 139 Å². The van der Waals surface area contributed by atoms with Crippen LogP contribution in [0.2, 0.25) is 0 Å². The molecule has 0 spiro atoms. The second-order valence-electron chi connectivity index (χ2n) is 8.48. The van der Waals surface area contributed by atoms with E-state index in [9.17, 15) is 19.2 Å². The number of carbonyl (C=O) groups excluding carboxylic acids is 3. The molecule has 1 heterocycles. The fraction of sp³-hybridized carbons (Fsp3) is 0.423. The first-order chi connectivity index (χ1) is 17.0. The minimum absolute atomic E-state index is 0.0199. The summed E-state index contributed by atoms with van der Waals surface area (Å²) < 4.78 is 10.4. The Morgan fingerprint density at radius 1 is 0.944 bits per heavy atom. The summed E-state index contributed by atoms with van der Waals surface area (Å²) in [5, 5.41) is 5.05. The molecule has 1 aromatic heterocycles. The van der Waals surface area contributed by atoms with E-state index in [1.807, 2.05) is 41.5 Å². The number of aromatic amines is 1. The molecule has 0 fully saturated rings. The number of amides is 2. The number of hydrogen-bond donors (Lipinski definition) is 3. The standard InChI is InChI=1S/C24H30N4O6.C2H6/c1-14(2)12-33-21(30)19(22(31)34-13-15(3)4)11-17-6-8-18(9-7-17)26-24(32)28-23-25-16(5)10-20(29)27-23;1-2/h6-11,14-15H,12-13H2,1-5H3,(H3,25,26,27,28,29,32);1-2H3. The fourth-order valence-electron chi connectivity index (χ4n) is 2.58. The van der Waals surface area contributed by atoms with Crippen molar-refractivity contribution in [2.75, 3.05) is 23.8 Å². The number of carbonyl (C=O) groups is 3. The molecule has 0 unspecified atom stereocenters. The molecule has 0 bridgehead atoms. The first-order valence-electron chi connectivity index (χ1n) is 11.9. The average molecular weight is 501 g/mol. The van der Waals surface area contributed by atoms with Crippen molar-refractivity contribution in [2.24, 2.45) is 11.8 Å². The van der Waals surface area contributed by atoms with Crippen molar-refractivity contribution < 1.29 is 23.9 Å². The van der Waals surface area contributed by atoms with Gasteiger partial charge in [0.25, 0.3) is 5.56 Å². The molecule has 2 aromatic rings. The number of urea groups is 1. The highest BCUT2D eigenvalue weighted by Crippen LogP contribution is 2.15. The molecule has 0 radical (unpaired) electrons. The monoisotopic (exact) mass is 500 g/mol. The molecule has 10 nitrogen and oxygen atoms in total. The van der Waals surface area contributed by atoms with Crippen LogP contribution in [-0.2, 0) is 19.1 Å². The van der Waals surface area contributed by atoms with Crippen molar-refractivity contribution in [3.05, 3.63) is 57.5 Å². The molecule has 3 N–H and O–H groups in total. The Bertz CT molecular complexity index is 1080. The minimum Gasteiger partial charge on any atom is -0.462 e. The van der Waals surface area contributed by atoms with Gasteiger partial charge < -0.3 is 14.8 Å². The Kier molecular flexibility index (Phi) is 12.6. The summed E-state index contributed by atoms with van der Waals surface area (Å²) in [6, 6.07) is 7.12. The van der Waals surface area contributed by atoms with E-state index in [4.69, 9.17) is 9.47 Å². The van der Waals surface area contributed by atoms with Crippen LogP contribution in [0.15, 0.2) is 40.7 Å². The number of nitrogens with zero attached hydrogens (tertiary/aromatic N) is 1. The van der Waals surface area contributed by atoms with E-state index >= 15 is 0 Å². The van der Waals surface area contributed by atoms with Gasteiger partial charge in [-0.25, -0.2) is 19.4 Å². The number of benzene rings is 1. The highest BCUT2D eigenvalue weighted by atomic mass is 16.6. The van der Waals surface area contributed by atoms with Gasteiger partial charge in [-0.05, 0) is 42.5 Å². The van der Waals surface area contributed by atoms with Crippen LogP contribution in [0.1, 0.15) is 52.8 Å². The Morgan fingerprint density at radius 3 is 1.94 bits per heavy atom. The molecule has 0 aliphatic carbocycles. The van der Waals surface area contributed by atoms with Gasteiger partial charge in [0.2, 0.25) is 5.95 Å². The predicted molar refractivity (Wildman–Crippen MR) is 140 cm³/mol. The maximum atomic E-state index is 12.5. The Balaban J connectivity index is 0.00000316. The molecular weight excluding hydrogens is 464 g/mol. The van der Waals surface area contributed by atoms with Crippen LogP contribution in [0, 0.1) is 18.8 Å². The molecule has 2 amide bonds. The van der Waals surface area contributed by atoms with E-state index in [0.717, 1.165) is 0 Å². The molecule has 2 rings (SSSR count). The van der Waals surface area contributed by atoms with E-state index in [1.54, 1.807) is 31.2 Å². The molecule has 1 aromatic carbocycles. The SMILES string of the molecule is CC.Cc1cc(=O)[nH]c(NC(=O)Nc2ccc(C=C(C(=O)OCC(C)C)C(=O)OCC(C)C)cc2)n1. The van der Waals surface area contributed by atoms with Crippen molar-refractivity contribution in [1.29, 1.82) is 0 Å². The molecule has 36 heavy (non-hydrogen) atoms. The molecule has 0 atom stereocenters. The third-order valence-electron chi connectivity index (χ3n) is 4.12. The third kappa shape index (κ3) is 11.0. The van der Waals surface area contributed by atoms with Gasteiger partial charge in [-0.1, -0.05) is 53.7 Å². The highest BCUT2D eigenvalue weighted by molar-refractivity contribution is 6.17. The molecule has 0 aliphatic heterocycles. The van der Waals surface area contributed by atoms with Crippen molar-refractivity contribution in [2.45, 2.75) is 48.5 Å². The lowest BCUT2D eigenvalue weighted by Gasteiger charge is -2.12. The van der Waals surface area contributed by atoms with E-state index < -0.39 is 18.0 Å². The summed E-state index contributed by atoms with van der Waals surface area (Å²) in [4.78, 5) is 55.1. The lowest BCUT2D eigenvalue weighted by Crippen LogP contribution is -2.23. The summed E-state index contributed by atoms with van der Waals surface area (Å²) in [5.41, 5.74) is 0.845. The molecule has 0 aliphatic rings. The van der Waals surface area contributed by atoms with Gasteiger partial charge >= 0.3 is 18.0 Å². The van der Waals surface area contributed by atoms with Crippen LogP contribution in [0.4, 0.5) is 16.4 Å². The zero-order chi connectivity index (χ0) is 27.3. The molecule has 0 saturated carbocycles. The van der Waals surface area contributed by atoms with Crippen molar-refractivity contribution >= 4 is 35.7 Å². The summed E-state index contributed by atoms with van der Waals surface area (Å²) in [6.45, 7) is 13.5. The predicted octanol–water partition coefficient (Wildman–Crippen LogP) is 4.53. The van der Waals surface area contributed by atoms with Crippen LogP contribution in [0.25, 0.3) is 6.08 Å². The number of anilines is 2. The van der Waals surface area contributed by atoms with E-state index in [2.05, 4.69) is 20.6 Å². The van der Waals surface area contributed by atoms with E-state index in [-0.39, 0.29) is 42.1 Å². The minimum atomic E-state index is -0.760. The van der Waals surface area contributed by atoms with Crippen LogP contribution in [0.3, 0.4) is 0 Å². The summed E-state index contributed by atoms with van der Waals surface area (Å²) >= 11 is 0. The zero-order valence-electron chi connectivity index (χ0n) is 21.9. The van der Waals surface area contributed by atoms with Crippen LogP contribution >= 0.6 is 0 Å². The smallest absolute Gasteiger partial charge is 0.345 e. The van der Waals surface area contributed by atoms with Crippen LogP contribution < -0.4 is 16.2 Å². The van der Waals surface area contributed by atoms with Crippen molar-refractivity contribution in [1.82, 2.24) is 9.97 Å². The van der Waals surface area contributed by atoms with Crippen LogP contribution in [-0.4, -0.2) is 41.2 Å². The summed E-state index contributed by atoms with van der Waals surface area (Å²) in [7, 11) is 0. The van der Waals surface area contributed by atoms with E-state index in [1.165, 1.54) is 12.1 Å². The first kappa shape index (κ1) is 30.1.